The Morgan fingerprint density at radius 1 is 1.17 bits per heavy atom. The first-order valence-electron chi connectivity index (χ1n) is 16.1. The molecule has 1 atom stereocenters. The average Bonchev–Trinajstić information content (AvgIpc) is 3.50. The van der Waals surface area contributed by atoms with Crippen LogP contribution in [0.15, 0.2) is 65.8 Å². The van der Waals surface area contributed by atoms with Crippen LogP contribution < -0.4 is 10.1 Å². The molecule has 0 spiro atoms. The molecule has 2 heterocycles. The Hall–Kier alpha value is -4.18. The molecule has 1 aromatic heterocycles. The summed E-state index contributed by atoms with van der Waals surface area (Å²) in [5.74, 6) is 0.00701. The summed E-state index contributed by atoms with van der Waals surface area (Å²) in [6, 6.07) is 15.3. The predicted molar refractivity (Wildman–Crippen MR) is 186 cm³/mol. The predicted octanol–water partition coefficient (Wildman–Crippen LogP) is 8.86. The molecular formula is C37H42F2N4O3S. The number of aliphatic imine (C=N–C) groups is 1. The maximum atomic E-state index is 15.6. The van der Waals surface area contributed by atoms with Crippen molar-refractivity contribution in [1.82, 2.24) is 10.3 Å². The van der Waals surface area contributed by atoms with Crippen molar-refractivity contribution in [2.24, 2.45) is 10.4 Å². The smallest absolute Gasteiger partial charge is 0.303 e. The number of aromatic nitrogens is 1. The first kappa shape index (κ1) is 34.2. The minimum atomic E-state index is -0.864. The van der Waals surface area contributed by atoms with E-state index in [0.29, 0.717) is 31.3 Å². The third kappa shape index (κ3) is 8.60. The number of nitrogens with one attached hydrogen (secondary N) is 3. The quantitative estimate of drug-likeness (QED) is 0.171. The van der Waals surface area contributed by atoms with E-state index >= 15 is 8.78 Å². The van der Waals surface area contributed by atoms with Gasteiger partial charge < -0.3 is 20.1 Å². The van der Waals surface area contributed by atoms with Gasteiger partial charge in [-0.2, -0.15) is 11.8 Å². The molecular weight excluding hydrogens is 618 g/mol. The first-order valence-corrected chi connectivity index (χ1v) is 17.3. The molecule has 0 aliphatic carbocycles. The number of hydrogen-bond donors (Lipinski definition) is 4. The van der Waals surface area contributed by atoms with Gasteiger partial charge in [-0.1, -0.05) is 44.5 Å². The van der Waals surface area contributed by atoms with Gasteiger partial charge in [0.2, 0.25) is 0 Å². The van der Waals surface area contributed by atoms with E-state index in [9.17, 15) is 15.3 Å². The summed E-state index contributed by atoms with van der Waals surface area (Å²) in [6.07, 6.45) is 5.19. The van der Waals surface area contributed by atoms with E-state index in [2.05, 4.69) is 29.1 Å². The molecule has 0 saturated heterocycles. The van der Waals surface area contributed by atoms with Gasteiger partial charge in [-0.05, 0) is 84.9 Å². The standard InChI is InChI=1S/C37H42F2N4O3S/c1-4-41-36-29-20-25(11-12-30(29)38)46-34-28(27-14-17-42-32(27)21-31(34)39)15-18-47-22-37(2,3)16-6-9-26(35(40)43-36)24-8-5-7-23(19-24)10-13-33(44)45/h5,7-8,11-12,14,17,19-21,26,42H,4,6,9-10,13,15-16,18,22H2,1-3H3,(H,44,45)(H2,40,41,43). The highest BCUT2D eigenvalue weighted by Gasteiger charge is 2.24. The lowest BCUT2D eigenvalue weighted by Crippen LogP contribution is -2.27. The van der Waals surface area contributed by atoms with Crippen LogP contribution in [0.5, 0.6) is 11.5 Å². The zero-order valence-electron chi connectivity index (χ0n) is 27.1. The summed E-state index contributed by atoms with van der Waals surface area (Å²) in [5, 5.41) is 22.4. The molecule has 1 aliphatic heterocycles. The van der Waals surface area contributed by atoms with Crippen LogP contribution in [0.25, 0.3) is 10.9 Å². The number of H-pyrrole nitrogens is 1. The maximum absolute atomic E-state index is 15.6. The highest BCUT2D eigenvalue weighted by Crippen LogP contribution is 2.37. The zero-order chi connectivity index (χ0) is 33.6. The molecule has 4 aromatic rings. The number of aryl methyl sites for hydroxylation is 2. The molecule has 248 valence electrons. The number of aliphatic carboxylic acids is 1. The molecule has 10 heteroatoms. The first-order chi connectivity index (χ1) is 22.5. The fraction of sp³-hybridized carbons (Fsp3) is 0.378. The Bertz CT molecular complexity index is 1780. The Morgan fingerprint density at radius 3 is 2.79 bits per heavy atom. The van der Waals surface area contributed by atoms with Crippen molar-refractivity contribution in [2.45, 2.75) is 65.2 Å². The molecule has 3 aromatic carbocycles. The SMILES string of the molecule is CCN/C1=N\C(=N)C(c2cccc(CCC(=O)O)c2)CCCC(C)(C)CSCCc2c(c(F)cc3[nH]ccc23)Oc2ccc(F)c1c2. The monoisotopic (exact) mass is 660 g/mol. The minimum Gasteiger partial charge on any atom is -0.481 e. The van der Waals surface area contributed by atoms with Crippen LogP contribution in [0, 0.1) is 22.5 Å². The minimum absolute atomic E-state index is 0.00954. The lowest BCUT2D eigenvalue weighted by Gasteiger charge is -2.26. The number of carbonyl (C=O) groups is 1. The lowest BCUT2D eigenvalue weighted by molar-refractivity contribution is -0.136. The summed E-state index contributed by atoms with van der Waals surface area (Å²) in [4.78, 5) is 19.0. The number of nitrogens with zero attached hydrogens (tertiary/aromatic N) is 1. The van der Waals surface area contributed by atoms with Crippen LogP contribution >= 0.6 is 11.8 Å². The van der Waals surface area contributed by atoms with Crippen molar-refractivity contribution in [3.05, 3.63) is 94.7 Å². The van der Waals surface area contributed by atoms with Crippen LogP contribution in [-0.4, -0.2) is 45.8 Å². The average molecular weight is 661 g/mol. The van der Waals surface area contributed by atoms with Crippen LogP contribution in [-0.2, 0) is 17.6 Å². The van der Waals surface area contributed by atoms with E-state index in [1.165, 1.54) is 24.3 Å². The third-order valence-electron chi connectivity index (χ3n) is 8.50. The normalized spacial score (nSPS) is 18.7. The van der Waals surface area contributed by atoms with E-state index < -0.39 is 17.6 Å². The topological polar surface area (TPSA) is 111 Å². The van der Waals surface area contributed by atoms with Gasteiger partial charge in [0.1, 0.15) is 23.2 Å². The van der Waals surface area contributed by atoms with Gasteiger partial charge in [0.25, 0.3) is 0 Å². The van der Waals surface area contributed by atoms with E-state index in [4.69, 9.17) is 4.74 Å². The third-order valence-corrected chi connectivity index (χ3v) is 9.98. The van der Waals surface area contributed by atoms with E-state index in [-0.39, 0.29) is 46.5 Å². The number of ether oxygens (including phenoxy) is 1. The van der Waals surface area contributed by atoms with Crippen molar-refractivity contribution >= 4 is 40.3 Å². The van der Waals surface area contributed by atoms with Gasteiger partial charge >= 0.3 is 5.97 Å². The fourth-order valence-corrected chi connectivity index (χ4v) is 7.26. The number of halogens is 2. The van der Waals surface area contributed by atoms with Crippen molar-refractivity contribution in [2.75, 3.05) is 18.1 Å². The number of benzene rings is 3. The summed E-state index contributed by atoms with van der Waals surface area (Å²) in [7, 11) is 0. The lowest BCUT2D eigenvalue weighted by atomic mass is 9.85. The molecule has 0 saturated carbocycles. The molecule has 5 rings (SSSR count). The van der Waals surface area contributed by atoms with Crippen LogP contribution in [0.2, 0.25) is 0 Å². The molecule has 0 amide bonds. The summed E-state index contributed by atoms with van der Waals surface area (Å²) in [6.45, 7) is 6.78. The zero-order valence-corrected chi connectivity index (χ0v) is 27.9. The van der Waals surface area contributed by atoms with E-state index in [1.54, 1.807) is 6.20 Å². The van der Waals surface area contributed by atoms with E-state index in [1.807, 2.05) is 49.0 Å². The van der Waals surface area contributed by atoms with Crippen LogP contribution in [0.1, 0.15) is 74.6 Å². The van der Waals surface area contributed by atoms with Crippen LogP contribution in [0.4, 0.5) is 8.78 Å². The molecule has 0 radical (unpaired) electrons. The number of amidine groups is 2. The van der Waals surface area contributed by atoms with Gasteiger partial charge in [0.05, 0.1) is 5.56 Å². The largest absolute Gasteiger partial charge is 0.481 e. The number of aromatic amines is 1. The highest BCUT2D eigenvalue weighted by atomic mass is 32.2. The van der Waals surface area contributed by atoms with E-state index in [0.717, 1.165) is 46.4 Å². The molecule has 0 fully saturated rings. The number of carboxylic acids is 1. The Morgan fingerprint density at radius 2 is 2.00 bits per heavy atom. The number of rotatable bonds is 5. The van der Waals surface area contributed by atoms with Gasteiger partial charge in [-0.25, -0.2) is 13.8 Å². The Balaban J connectivity index is 1.58. The molecule has 2 bridgehead atoms. The summed E-state index contributed by atoms with van der Waals surface area (Å²) in [5.41, 5.74) is 3.33. The van der Waals surface area contributed by atoms with Gasteiger partial charge in [-0.15, -0.1) is 0 Å². The van der Waals surface area contributed by atoms with Crippen molar-refractivity contribution in [3.8, 4) is 11.5 Å². The molecule has 1 unspecified atom stereocenters. The number of fused-ring (bicyclic) bond motifs is 5. The Kier molecular flexibility index (Phi) is 11.0. The molecule has 7 nitrogen and oxygen atoms in total. The van der Waals surface area contributed by atoms with Crippen molar-refractivity contribution < 1.29 is 23.4 Å². The van der Waals surface area contributed by atoms with Crippen LogP contribution in [0.3, 0.4) is 0 Å². The number of carboxylic acid groups (broad SMARTS) is 1. The van der Waals surface area contributed by atoms with Gasteiger partial charge in [0.15, 0.2) is 11.6 Å². The molecule has 1 aliphatic rings. The second-order valence-electron chi connectivity index (χ2n) is 12.8. The summed E-state index contributed by atoms with van der Waals surface area (Å²) >= 11 is 1.82. The second-order valence-corrected chi connectivity index (χ2v) is 13.9. The van der Waals surface area contributed by atoms with Gasteiger partial charge in [0, 0.05) is 47.6 Å². The maximum Gasteiger partial charge on any atom is 0.303 e. The van der Waals surface area contributed by atoms with Gasteiger partial charge in [-0.3, -0.25) is 10.2 Å². The van der Waals surface area contributed by atoms with Crippen molar-refractivity contribution in [3.63, 3.8) is 0 Å². The molecule has 47 heavy (non-hydrogen) atoms. The summed E-state index contributed by atoms with van der Waals surface area (Å²) < 4.78 is 37.3. The number of hydrogen-bond acceptors (Lipinski definition) is 5. The fourth-order valence-electron chi connectivity index (χ4n) is 6.07. The number of thioether (sulfide) groups is 1. The highest BCUT2D eigenvalue weighted by molar-refractivity contribution is 7.99. The second kappa shape index (κ2) is 15.2. The van der Waals surface area contributed by atoms with Crippen molar-refractivity contribution in [1.29, 1.82) is 5.41 Å². The Labute approximate surface area is 278 Å². The molecule has 4 N–H and O–H groups in total.